The summed E-state index contributed by atoms with van der Waals surface area (Å²) in [5.74, 6) is 0. The average Bonchev–Trinajstić information content (AvgIpc) is 2.13. The second kappa shape index (κ2) is 4.55. The molecule has 1 fully saturated rings. The minimum Gasteiger partial charge on any atom is -0.395 e. The van der Waals surface area contributed by atoms with Crippen LogP contribution in [0.2, 0.25) is 0 Å². The Hall–Kier alpha value is -0.200. The van der Waals surface area contributed by atoms with Crippen molar-refractivity contribution in [2.45, 2.75) is 44.2 Å². The van der Waals surface area contributed by atoms with Crippen LogP contribution in [-0.4, -0.2) is 68.9 Å². The Kier molecular flexibility index (Phi) is 3.86. The monoisotopic (exact) mass is 205 g/mol. The van der Waals surface area contributed by atoms with E-state index in [2.05, 4.69) is 0 Å². The molecule has 0 aromatic carbocycles. The molecule has 5 nitrogen and oxygen atoms in total. The number of aliphatic hydroxyl groups excluding tert-OH is 4. The largest absolute Gasteiger partial charge is 0.395 e. The number of likely N-dealkylation sites (tertiary alicyclic amines) is 1. The number of β-amino-alcohol motifs (C(OH)–C–C–N with tert-alkyl or cyclic N) is 1. The second-order valence-corrected chi connectivity index (χ2v) is 4.09. The molecule has 0 saturated carbocycles. The van der Waals surface area contributed by atoms with Gasteiger partial charge in [0.2, 0.25) is 0 Å². The van der Waals surface area contributed by atoms with Gasteiger partial charge in [0.05, 0.1) is 18.8 Å². The molecule has 0 aromatic heterocycles. The van der Waals surface area contributed by atoms with Crippen LogP contribution >= 0.6 is 0 Å². The molecule has 4 unspecified atom stereocenters. The van der Waals surface area contributed by atoms with Crippen molar-refractivity contribution in [2.24, 2.45) is 0 Å². The molecule has 1 aliphatic heterocycles. The Morgan fingerprint density at radius 3 is 2.21 bits per heavy atom. The van der Waals surface area contributed by atoms with Gasteiger partial charge in [-0.3, -0.25) is 4.90 Å². The fraction of sp³-hybridized carbons (Fsp3) is 1.00. The first-order chi connectivity index (χ1) is 6.49. The number of aliphatic hydroxyl groups is 4. The summed E-state index contributed by atoms with van der Waals surface area (Å²) in [6.45, 7) is 3.89. The third-order valence-corrected chi connectivity index (χ3v) is 2.81. The van der Waals surface area contributed by atoms with Gasteiger partial charge < -0.3 is 20.4 Å². The van der Waals surface area contributed by atoms with Gasteiger partial charge in [0.25, 0.3) is 0 Å². The zero-order valence-corrected chi connectivity index (χ0v) is 8.54. The highest BCUT2D eigenvalue weighted by Crippen LogP contribution is 2.20. The molecule has 5 heteroatoms. The Morgan fingerprint density at radius 2 is 1.79 bits per heavy atom. The van der Waals surface area contributed by atoms with Crippen molar-refractivity contribution in [2.75, 3.05) is 13.2 Å². The van der Waals surface area contributed by atoms with Gasteiger partial charge >= 0.3 is 0 Å². The van der Waals surface area contributed by atoms with Crippen LogP contribution < -0.4 is 0 Å². The lowest BCUT2D eigenvalue weighted by Crippen LogP contribution is -2.63. The van der Waals surface area contributed by atoms with Crippen molar-refractivity contribution >= 4 is 0 Å². The smallest absolute Gasteiger partial charge is 0.109 e. The summed E-state index contributed by atoms with van der Waals surface area (Å²) < 4.78 is 0. The van der Waals surface area contributed by atoms with Crippen LogP contribution in [0.25, 0.3) is 0 Å². The first kappa shape index (κ1) is 11.9. The van der Waals surface area contributed by atoms with E-state index in [4.69, 9.17) is 5.11 Å². The Labute approximate surface area is 83.6 Å². The summed E-state index contributed by atoms with van der Waals surface area (Å²) in [4.78, 5) is 1.79. The summed E-state index contributed by atoms with van der Waals surface area (Å²) in [6, 6.07) is -0.377. The van der Waals surface area contributed by atoms with Crippen molar-refractivity contribution in [3.63, 3.8) is 0 Å². The number of rotatable bonds is 2. The highest BCUT2D eigenvalue weighted by Gasteiger charge is 2.41. The molecule has 0 bridgehead atoms. The molecule has 0 aromatic rings. The predicted octanol–water partition coefficient (Wildman–Crippen LogP) is -1.85. The Morgan fingerprint density at radius 1 is 1.21 bits per heavy atom. The van der Waals surface area contributed by atoms with E-state index >= 15 is 0 Å². The van der Waals surface area contributed by atoms with E-state index in [0.717, 1.165) is 0 Å². The fourth-order valence-corrected chi connectivity index (χ4v) is 1.92. The van der Waals surface area contributed by atoms with Gasteiger partial charge in [0.1, 0.15) is 12.2 Å². The number of hydrogen-bond acceptors (Lipinski definition) is 5. The van der Waals surface area contributed by atoms with E-state index in [1.807, 2.05) is 13.8 Å². The van der Waals surface area contributed by atoms with Gasteiger partial charge in [-0.1, -0.05) is 0 Å². The van der Waals surface area contributed by atoms with Crippen molar-refractivity contribution < 1.29 is 20.4 Å². The van der Waals surface area contributed by atoms with Crippen LogP contribution in [0.5, 0.6) is 0 Å². The van der Waals surface area contributed by atoms with Crippen molar-refractivity contribution in [1.29, 1.82) is 0 Å². The predicted molar refractivity (Wildman–Crippen MR) is 50.7 cm³/mol. The lowest BCUT2D eigenvalue weighted by Gasteiger charge is -2.45. The normalized spacial score (nSPS) is 40.5. The maximum Gasteiger partial charge on any atom is 0.109 e. The van der Waals surface area contributed by atoms with E-state index in [0.29, 0.717) is 0 Å². The highest BCUT2D eigenvalue weighted by atomic mass is 16.4. The third-order valence-electron chi connectivity index (χ3n) is 2.81. The quantitative estimate of drug-likeness (QED) is 0.425. The average molecular weight is 205 g/mol. The standard InChI is InChI=1S/C9H19NO4/c1-5(2)10-3-7(12)9(14)8(13)6(10)4-11/h5-9,11-14H,3-4H2,1-2H3. The summed E-state index contributed by atoms with van der Waals surface area (Å²) in [5.41, 5.74) is 0. The molecule has 1 heterocycles. The van der Waals surface area contributed by atoms with Gasteiger partial charge in [-0.2, -0.15) is 0 Å². The zero-order valence-electron chi connectivity index (χ0n) is 8.54. The van der Waals surface area contributed by atoms with Crippen molar-refractivity contribution in [3.8, 4) is 0 Å². The summed E-state index contributed by atoms with van der Waals surface area (Å²) in [5, 5.41) is 37.6. The molecule has 84 valence electrons. The molecule has 14 heavy (non-hydrogen) atoms. The number of hydrogen-bond donors (Lipinski definition) is 4. The van der Waals surface area contributed by atoms with Crippen LogP contribution in [0, 0.1) is 0 Å². The van der Waals surface area contributed by atoms with E-state index < -0.39 is 24.4 Å². The van der Waals surface area contributed by atoms with Crippen LogP contribution in [0.15, 0.2) is 0 Å². The lowest BCUT2D eigenvalue weighted by atomic mass is 9.93. The number of piperidine rings is 1. The van der Waals surface area contributed by atoms with E-state index in [9.17, 15) is 15.3 Å². The van der Waals surface area contributed by atoms with Crippen molar-refractivity contribution in [1.82, 2.24) is 4.90 Å². The van der Waals surface area contributed by atoms with E-state index in [-0.39, 0.29) is 19.2 Å². The molecule has 0 amide bonds. The minimum atomic E-state index is -1.16. The van der Waals surface area contributed by atoms with Gasteiger partial charge in [-0.15, -0.1) is 0 Å². The third kappa shape index (κ3) is 2.07. The lowest BCUT2D eigenvalue weighted by molar-refractivity contribution is -0.151. The molecule has 1 aliphatic rings. The minimum absolute atomic E-state index is 0.115. The summed E-state index contributed by atoms with van der Waals surface area (Å²) >= 11 is 0. The van der Waals surface area contributed by atoms with Gasteiger partial charge in [-0.05, 0) is 13.8 Å². The first-order valence-electron chi connectivity index (χ1n) is 4.89. The first-order valence-corrected chi connectivity index (χ1v) is 4.89. The van der Waals surface area contributed by atoms with Crippen molar-refractivity contribution in [3.05, 3.63) is 0 Å². The van der Waals surface area contributed by atoms with Gasteiger partial charge in [-0.25, -0.2) is 0 Å². The SMILES string of the molecule is CC(C)N1CC(O)C(O)C(O)C1CO. The molecule has 0 radical (unpaired) electrons. The van der Waals surface area contributed by atoms with Crippen LogP contribution in [0.3, 0.4) is 0 Å². The summed E-state index contributed by atoms with van der Waals surface area (Å²) in [7, 11) is 0. The summed E-state index contributed by atoms with van der Waals surface area (Å²) in [6.07, 6.45) is -3.21. The molecule has 1 saturated heterocycles. The topological polar surface area (TPSA) is 84.2 Å². The van der Waals surface area contributed by atoms with E-state index in [1.165, 1.54) is 0 Å². The molecule has 0 spiro atoms. The maximum atomic E-state index is 9.62. The Balaban J connectivity index is 2.76. The molecule has 1 rings (SSSR count). The van der Waals surface area contributed by atoms with Crippen LogP contribution in [0.1, 0.15) is 13.8 Å². The molecular formula is C9H19NO4. The molecule has 4 atom stereocenters. The Bertz CT molecular complexity index is 188. The number of nitrogens with zero attached hydrogens (tertiary/aromatic N) is 1. The maximum absolute atomic E-state index is 9.62. The van der Waals surface area contributed by atoms with Crippen LogP contribution in [0.4, 0.5) is 0 Å². The highest BCUT2D eigenvalue weighted by molar-refractivity contribution is 4.95. The van der Waals surface area contributed by atoms with Gasteiger partial charge in [0, 0.05) is 12.6 Å². The fourth-order valence-electron chi connectivity index (χ4n) is 1.92. The second-order valence-electron chi connectivity index (χ2n) is 4.09. The van der Waals surface area contributed by atoms with Gasteiger partial charge in [0.15, 0.2) is 0 Å². The molecule has 4 N–H and O–H groups in total. The molecule has 0 aliphatic carbocycles. The molecular weight excluding hydrogens is 186 g/mol. The van der Waals surface area contributed by atoms with E-state index in [1.54, 1.807) is 4.90 Å². The zero-order chi connectivity index (χ0) is 10.9. The van der Waals surface area contributed by atoms with Crippen LogP contribution in [-0.2, 0) is 0 Å².